The first-order valence-electron chi connectivity index (χ1n) is 5.57. The van der Waals surface area contributed by atoms with E-state index >= 15 is 0 Å². The minimum absolute atomic E-state index is 0.0497. The van der Waals surface area contributed by atoms with Crippen molar-refractivity contribution in [1.29, 1.82) is 0 Å². The number of hydrogen-bond donors (Lipinski definition) is 3. The van der Waals surface area contributed by atoms with Crippen molar-refractivity contribution in [3.63, 3.8) is 0 Å². The maximum Gasteiger partial charge on any atom is 0.0664 e. The minimum atomic E-state index is -0.250. The molecule has 3 nitrogen and oxygen atoms in total. The van der Waals surface area contributed by atoms with E-state index in [1.165, 1.54) is 0 Å². The lowest BCUT2D eigenvalue weighted by Crippen LogP contribution is -2.38. The Hall–Kier alpha value is -0.120. The molecule has 0 aromatic carbocycles. The Bertz CT molecular complexity index is 135. The molecule has 2 unspecified atom stereocenters. The molecule has 0 bridgehead atoms. The van der Waals surface area contributed by atoms with Gasteiger partial charge in [-0.3, -0.25) is 0 Å². The second kappa shape index (κ2) is 7.21. The third kappa shape index (κ3) is 5.58. The Balaban J connectivity index is 3.61. The van der Waals surface area contributed by atoms with Gasteiger partial charge in [0.25, 0.3) is 0 Å². The molecule has 0 rings (SSSR count). The third-order valence-corrected chi connectivity index (χ3v) is 2.79. The number of aliphatic hydroxyl groups excluding tert-OH is 2. The Morgan fingerprint density at radius 2 is 2.00 bits per heavy atom. The molecule has 0 radical (unpaired) electrons. The molecule has 2 atom stereocenters. The van der Waals surface area contributed by atoms with Crippen molar-refractivity contribution in [3.05, 3.63) is 0 Å². The van der Waals surface area contributed by atoms with Crippen LogP contribution in [-0.4, -0.2) is 36.0 Å². The van der Waals surface area contributed by atoms with Gasteiger partial charge in [0, 0.05) is 25.1 Å². The first-order valence-corrected chi connectivity index (χ1v) is 5.57. The van der Waals surface area contributed by atoms with Crippen LogP contribution >= 0.6 is 0 Å². The smallest absolute Gasteiger partial charge is 0.0664 e. The van der Waals surface area contributed by atoms with Crippen LogP contribution in [0.15, 0.2) is 0 Å². The quantitative estimate of drug-likeness (QED) is 0.554. The first-order chi connectivity index (χ1) is 6.58. The summed E-state index contributed by atoms with van der Waals surface area (Å²) in [5, 5.41) is 21.8. The number of nitrogens with one attached hydrogen (secondary N) is 1. The highest BCUT2D eigenvalue weighted by molar-refractivity contribution is 4.74. The molecule has 0 amide bonds. The van der Waals surface area contributed by atoms with Crippen LogP contribution in [0.2, 0.25) is 0 Å². The lowest BCUT2D eigenvalue weighted by atomic mass is 9.88. The van der Waals surface area contributed by atoms with E-state index in [-0.39, 0.29) is 18.1 Å². The van der Waals surface area contributed by atoms with Crippen LogP contribution in [0, 0.1) is 5.41 Å². The molecular weight excluding hydrogens is 178 g/mol. The third-order valence-electron chi connectivity index (χ3n) is 2.79. The molecule has 14 heavy (non-hydrogen) atoms. The van der Waals surface area contributed by atoms with Crippen LogP contribution in [0.25, 0.3) is 0 Å². The molecule has 3 N–H and O–H groups in total. The van der Waals surface area contributed by atoms with E-state index in [4.69, 9.17) is 5.11 Å². The van der Waals surface area contributed by atoms with Crippen LogP contribution in [0.1, 0.15) is 40.0 Å². The van der Waals surface area contributed by atoms with E-state index in [1.54, 1.807) is 0 Å². The second-order valence-corrected chi connectivity index (χ2v) is 4.40. The van der Waals surface area contributed by atoms with Gasteiger partial charge in [0.15, 0.2) is 0 Å². The maximum atomic E-state index is 9.47. The van der Waals surface area contributed by atoms with E-state index in [2.05, 4.69) is 19.2 Å². The monoisotopic (exact) mass is 203 g/mol. The molecule has 3 heteroatoms. The van der Waals surface area contributed by atoms with Gasteiger partial charge < -0.3 is 15.5 Å². The summed E-state index contributed by atoms with van der Waals surface area (Å²) in [4.78, 5) is 0. The van der Waals surface area contributed by atoms with Gasteiger partial charge in [-0.15, -0.1) is 0 Å². The number of aliphatic hydroxyl groups is 2. The summed E-state index contributed by atoms with van der Waals surface area (Å²) in [6.45, 7) is 7.77. The van der Waals surface area contributed by atoms with Crippen LogP contribution in [0.3, 0.4) is 0 Å². The van der Waals surface area contributed by atoms with Crippen LogP contribution in [0.5, 0.6) is 0 Å². The molecule has 0 fully saturated rings. The topological polar surface area (TPSA) is 52.5 Å². The summed E-state index contributed by atoms with van der Waals surface area (Å²) in [6, 6.07) is 0. The van der Waals surface area contributed by atoms with Gasteiger partial charge >= 0.3 is 0 Å². The van der Waals surface area contributed by atoms with E-state index in [0.29, 0.717) is 6.54 Å². The molecule has 0 heterocycles. The molecule has 0 aliphatic heterocycles. The van der Waals surface area contributed by atoms with Crippen LogP contribution in [-0.2, 0) is 0 Å². The van der Waals surface area contributed by atoms with E-state index < -0.39 is 0 Å². The number of hydrogen-bond acceptors (Lipinski definition) is 3. The van der Waals surface area contributed by atoms with E-state index in [0.717, 1.165) is 25.8 Å². The summed E-state index contributed by atoms with van der Waals surface area (Å²) in [5.74, 6) is 0. The Morgan fingerprint density at radius 1 is 1.36 bits per heavy atom. The summed E-state index contributed by atoms with van der Waals surface area (Å²) < 4.78 is 0. The average Bonchev–Trinajstić information content (AvgIpc) is 2.18. The fourth-order valence-corrected chi connectivity index (χ4v) is 1.27. The van der Waals surface area contributed by atoms with E-state index in [1.807, 2.05) is 6.92 Å². The fourth-order valence-electron chi connectivity index (χ4n) is 1.27. The van der Waals surface area contributed by atoms with Crippen LogP contribution in [0.4, 0.5) is 0 Å². The van der Waals surface area contributed by atoms with Crippen molar-refractivity contribution in [3.8, 4) is 0 Å². The van der Waals surface area contributed by atoms with Gasteiger partial charge in [-0.05, 0) is 12.8 Å². The first kappa shape index (κ1) is 13.9. The van der Waals surface area contributed by atoms with Gasteiger partial charge in [-0.1, -0.05) is 27.2 Å². The minimum Gasteiger partial charge on any atom is -0.396 e. The molecule has 0 aliphatic carbocycles. The SMILES string of the molecule is CCCC(O)CNCC(C)(CC)CO. The molecule has 0 saturated heterocycles. The summed E-state index contributed by atoms with van der Waals surface area (Å²) >= 11 is 0. The van der Waals surface area contributed by atoms with Crippen LogP contribution < -0.4 is 5.32 Å². The van der Waals surface area contributed by atoms with Crippen molar-refractivity contribution < 1.29 is 10.2 Å². The zero-order valence-corrected chi connectivity index (χ0v) is 9.71. The van der Waals surface area contributed by atoms with Gasteiger partial charge in [0.05, 0.1) is 6.10 Å². The van der Waals surface area contributed by atoms with E-state index in [9.17, 15) is 5.11 Å². The fraction of sp³-hybridized carbons (Fsp3) is 1.00. The van der Waals surface area contributed by atoms with Gasteiger partial charge in [-0.25, -0.2) is 0 Å². The normalized spacial score (nSPS) is 17.8. The van der Waals surface area contributed by atoms with Crippen molar-refractivity contribution in [2.24, 2.45) is 5.41 Å². The summed E-state index contributed by atoms with van der Waals surface area (Å²) in [6.07, 6.45) is 2.54. The average molecular weight is 203 g/mol. The van der Waals surface area contributed by atoms with Crippen molar-refractivity contribution in [1.82, 2.24) is 5.32 Å². The molecular formula is C11H25NO2. The summed E-state index contributed by atoms with van der Waals surface area (Å²) in [5.41, 5.74) is -0.0497. The predicted molar refractivity (Wildman–Crippen MR) is 59.3 cm³/mol. The van der Waals surface area contributed by atoms with Crippen molar-refractivity contribution in [2.75, 3.05) is 19.7 Å². The highest BCUT2D eigenvalue weighted by atomic mass is 16.3. The lowest BCUT2D eigenvalue weighted by molar-refractivity contribution is 0.119. The van der Waals surface area contributed by atoms with Gasteiger partial charge in [0.1, 0.15) is 0 Å². The van der Waals surface area contributed by atoms with Crippen molar-refractivity contribution >= 4 is 0 Å². The highest BCUT2D eigenvalue weighted by Gasteiger charge is 2.20. The maximum absolute atomic E-state index is 9.47. The Morgan fingerprint density at radius 3 is 2.43 bits per heavy atom. The molecule has 0 aliphatic rings. The zero-order valence-electron chi connectivity index (χ0n) is 9.71. The number of rotatable bonds is 8. The molecule has 0 aromatic rings. The Kier molecular flexibility index (Phi) is 7.15. The van der Waals surface area contributed by atoms with Crippen molar-refractivity contribution in [2.45, 2.75) is 46.1 Å². The largest absolute Gasteiger partial charge is 0.396 e. The summed E-state index contributed by atoms with van der Waals surface area (Å²) in [7, 11) is 0. The zero-order chi connectivity index (χ0) is 11.0. The standard InChI is InChI=1S/C11H25NO2/c1-4-6-10(14)7-12-8-11(3,5-2)9-13/h10,12-14H,4-9H2,1-3H3. The second-order valence-electron chi connectivity index (χ2n) is 4.40. The predicted octanol–water partition coefficient (Wildman–Crippen LogP) is 1.15. The molecule has 86 valence electrons. The molecule has 0 spiro atoms. The lowest BCUT2D eigenvalue weighted by Gasteiger charge is -2.26. The van der Waals surface area contributed by atoms with Gasteiger partial charge in [-0.2, -0.15) is 0 Å². The molecule has 0 saturated carbocycles. The Labute approximate surface area is 87.5 Å². The highest BCUT2D eigenvalue weighted by Crippen LogP contribution is 2.18. The molecule has 0 aromatic heterocycles. The van der Waals surface area contributed by atoms with Gasteiger partial charge in [0.2, 0.25) is 0 Å².